The molecule has 1 aromatic carbocycles. The second-order valence-corrected chi connectivity index (χ2v) is 7.05. The summed E-state index contributed by atoms with van der Waals surface area (Å²) in [7, 11) is 0. The molecule has 0 heterocycles. The molecule has 0 saturated carbocycles. The van der Waals surface area contributed by atoms with Crippen LogP contribution in [-0.4, -0.2) is 53.1 Å². The molecule has 0 aromatic heterocycles. The molecule has 0 radical (unpaired) electrons. The number of aryl methyl sites for hydroxylation is 1. The van der Waals surface area contributed by atoms with Crippen LogP contribution in [0.1, 0.15) is 44.4 Å². The van der Waals surface area contributed by atoms with Gasteiger partial charge in [-0.1, -0.05) is 24.3 Å². The first-order chi connectivity index (χ1) is 10.4. The summed E-state index contributed by atoms with van der Waals surface area (Å²) >= 11 is 0. The number of aliphatic hydroxyl groups is 2. The zero-order valence-electron chi connectivity index (χ0n) is 14.0. The van der Waals surface area contributed by atoms with E-state index in [0.29, 0.717) is 19.7 Å². The maximum atomic E-state index is 10.3. The number of hydrogen-bond acceptors (Lipinski definition) is 4. The lowest BCUT2D eigenvalue weighted by Gasteiger charge is -2.31. The number of benzene rings is 1. The van der Waals surface area contributed by atoms with Crippen molar-refractivity contribution < 1.29 is 14.9 Å². The summed E-state index contributed by atoms with van der Waals surface area (Å²) < 4.78 is 5.66. The van der Waals surface area contributed by atoms with E-state index >= 15 is 0 Å². The minimum Gasteiger partial charge on any atom is -0.395 e. The van der Waals surface area contributed by atoms with Crippen molar-refractivity contribution in [2.45, 2.75) is 51.4 Å². The monoisotopic (exact) mass is 307 g/mol. The normalized spacial score (nSPS) is 19.5. The number of rotatable bonds is 7. The molecule has 2 N–H and O–H groups in total. The summed E-state index contributed by atoms with van der Waals surface area (Å²) in [4.78, 5) is 2.18. The number of aliphatic hydroxyl groups excluding tert-OH is 2. The van der Waals surface area contributed by atoms with Crippen molar-refractivity contribution in [3.63, 3.8) is 0 Å². The highest BCUT2D eigenvalue weighted by Gasteiger charge is 2.28. The van der Waals surface area contributed by atoms with Crippen molar-refractivity contribution in [2.75, 3.05) is 26.3 Å². The third-order valence-corrected chi connectivity index (χ3v) is 4.08. The molecule has 22 heavy (non-hydrogen) atoms. The predicted molar refractivity (Wildman–Crippen MR) is 87.9 cm³/mol. The Balaban J connectivity index is 1.99. The van der Waals surface area contributed by atoms with Crippen LogP contribution in [0, 0.1) is 0 Å². The van der Waals surface area contributed by atoms with Gasteiger partial charge in [0.15, 0.2) is 0 Å². The molecule has 2 rings (SSSR count). The van der Waals surface area contributed by atoms with E-state index in [2.05, 4.69) is 29.2 Å². The summed E-state index contributed by atoms with van der Waals surface area (Å²) in [6.07, 6.45) is 1.57. The highest BCUT2D eigenvalue weighted by Crippen LogP contribution is 2.35. The molecular weight excluding hydrogens is 278 g/mol. The maximum Gasteiger partial charge on any atom is 0.0900 e. The molecular formula is C18H29NO3. The van der Waals surface area contributed by atoms with Crippen molar-refractivity contribution in [3.8, 4) is 0 Å². The standard InChI is InChI=1S/C18H29NO3/c1-18(2,3)22-13-15(21)12-19(10-11-20)17-9-8-14-6-4-5-7-16(14)17/h4-7,15,17,20-21H,8-13H2,1-3H3. The van der Waals surface area contributed by atoms with Gasteiger partial charge in [0.2, 0.25) is 0 Å². The van der Waals surface area contributed by atoms with Crippen LogP contribution >= 0.6 is 0 Å². The first kappa shape index (κ1) is 17.4. The number of nitrogens with zero attached hydrogens (tertiary/aromatic N) is 1. The second-order valence-electron chi connectivity index (χ2n) is 7.05. The van der Waals surface area contributed by atoms with Gasteiger partial charge in [-0.25, -0.2) is 0 Å². The molecule has 2 atom stereocenters. The topological polar surface area (TPSA) is 52.9 Å². The average molecular weight is 307 g/mol. The Morgan fingerprint density at radius 3 is 2.73 bits per heavy atom. The van der Waals surface area contributed by atoms with Crippen molar-refractivity contribution >= 4 is 0 Å². The van der Waals surface area contributed by atoms with Gasteiger partial charge in [0.05, 0.1) is 24.9 Å². The van der Waals surface area contributed by atoms with E-state index in [-0.39, 0.29) is 18.2 Å². The second kappa shape index (κ2) is 7.55. The van der Waals surface area contributed by atoms with E-state index in [0.717, 1.165) is 12.8 Å². The van der Waals surface area contributed by atoms with Crippen molar-refractivity contribution in [3.05, 3.63) is 35.4 Å². The van der Waals surface area contributed by atoms with Crippen LogP contribution in [0.3, 0.4) is 0 Å². The molecule has 0 spiro atoms. The molecule has 2 unspecified atom stereocenters. The molecule has 0 saturated heterocycles. The summed E-state index contributed by atoms with van der Waals surface area (Å²) in [5.74, 6) is 0. The molecule has 1 aliphatic carbocycles. The van der Waals surface area contributed by atoms with E-state index in [1.54, 1.807) is 0 Å². The molecule has 0 fully saturated rings. The van der Waals surface area contributed by atoms with Crippen molar-refractivity contribution in [2.24, 2.45) is 0 Å². The predicted octanol–water partition coefficient (Wildman–Crippen LogP) is 2.14. The zero-order valence-corrected chi connectivity index (χ0v) is 14.0. The zero-order chi connectivity index (χ0) is 16.2. The lowest BCUT2D eigenvalue weighted by Crippen LogP contribution is -2.39. The van der Waals surface area contributed by atoms with Crippen LogP contribution in [0.4, 0.5) is 0 Å². The van der Waals surface area contributed by atoms with Gasteiger partial charge in [-0.05, 0) is 44.7 Å². The minimum absolute atomic E-state index is 0.103. The molecule has 0 aliphatic heterocycles. The van der Waals surface area contributed by atoms with Gasteiger partial charge in [-0.3, -0.25) is 4.90 Å². The average Bonchev–Trinajstić information content (AvgIpc) is 2.88. The van der Waals surface area contributed by atoms with Gasteiger partial charge >= 0.3 is 0 Å². The Morgan fingerprint density at radius 1 is 1.32 bits per heavy atom. The van der Waals surface area contributed by atoms with Crippen LogP contribution in [0.5, 0.6) is 0 Å². The largest absolute Gasteiger partial charge is 0.395 e. The maximum absolute atomic E-state index is 10.3. The molecule has 0 bridgehead atoms. The third-order valence-electron chi connectivity index (χ3n) is 4.08. The molecule has 0 amide bonds. The minimum atomic E-state index is -0.543. The smallest absolute Gasteiger partial charge is 0.0900 e. The van der Waals surface area contributed by atoms with Gasteiger partial charge in [0.1, 0.15) is 0 Å². The van der Waals surface area contributed by atoms with Gasteiger partial charge in [-0.2, -0.15) is 0 Å². The number of fused-ring (bicyclic) bond motifs is 1. The van der Waals surface area contributed by atoms with Crippen molar-refractivity contribution in [1.29, 1.82) is 0 Å². The fourth-order valence-electron chi connectivity index (χ4n) is 3.09. The fraction of sp³-hybridized carbons (Fsp3) is 0.667. The van der Waals surface area contributed by atoms with Crippen LogP contribution in [-0.2, 0) is 11.2 Å². The third kappa shape index (κ3) is 4.78. The Hall–Kier alpha value is -0.940. The lowest BCUT2D eigenvalue weighted by atomic mass is 10.1. The fourth-order valence-corrected chi connectivity index (χ4v) is 3.09. The van der Waals surface area contributed by atoms with Crippen LogP contribution < -0.4 is 0 Å². The highest BCUT2D eigenvalue weighted by atomic mass is 16.5. The highest BCUT2D eigenvalue weighted by molar-refractivity contribution is 5.34. The first-order valence-electron chi connectivity index (χ1n) is 8.15. The van der Waals surface area contributed by atoms with E-state index < -0.39 is 6.10 Å². The van der Waals surface area contributed by atoms with Gasteiger partial charge in [0, 0.05) is 19.1 Å². The Morgan fingerprint density at radius 2 is 2.05 bits per heavy atom. The Kier molecular flexibility index (Phi) is 5.98. The molecule has 1 aromatic rings. The summed E-state index contributed by atoms with van der Waals surface area (Å²) in [6.45, 7) is 7.47. The summed E-state index contributed by atoms with van der Waals surface area (Å²) in [5.41, 5.74) is 2.47. The van der Waals surface area contributed by atoms with Gasteiger partial charge < -0.3 is 14.9 Å². The Bertz CT molecular complexity index is 470. The van der Waals surface area contributed by atoms with E-state index in [1.807, 2.05) is 20.8 Å². The number of hydrogen-bond donors (Lipinski definition) is 2. The molecule has 1 aliphatic rings. The Labute approximate surface area is 133 Å². The SMILES string of the molecule is CC(C)(C)OCC(O)CN(CCO)C1CCc2ccccc21. The molecule has 4 heteroatoms. The molecule has 124 valence electrons. The number of ether oxygens (including phenoxy) is 1. The summed E-state index contributed by atoms with van der Waals surface area (Å²) in [6, 6.07) is 8.76. The lowest BCUT2D eigenvalue weighted by molar-refractivity contribution is -0.0599. The van der Waals surface area contributed by atoms with Crippen molar-refractivity contribution in [1.82, 2.24) is 4.90 Å². The van der Waals surface area contributed by atoms with Crippen LogP contribution in [0.15, 0.2) is 24.3 Å². The summed E-state index contributed by atoms with van der Waals surface area (Å²) in [5, 5.41) is 19.6. The van der Waals surface area contributed by atoms with Crippen LogP contribution in [0.25, 0.3) is 0 Å². The molecule has 4 nitrogen and oxygen atoms in total. The first-order valence-corrected chi connectivity index (χ1v) is 8.15. The van der Waals surface area contributed by atoms with Gasteiger partial charge in [-0.15, -0.1) is 0 Å². The van der Waals surface area contributed by atoms with E-state index in [4.69, 9.17) is 4.74 Å². The van der Waals surface area contributed by atoms with Gasteiger partial charge in [0.25, 0.3) is 0 Å². The van der Waals surface area contributed by atoms with Crippen LogP contribution in [0.2, 0.25) is 0 Å². The quantitative estimate of drug-likeness (QED) is 0.810. The van der Waals surface area contributed by atoms with E-state index in [1.165, 1.54) is 11.1 Å². The van der Waals surface area contributed by atoms with E-state index in [9.17, 15) is 10.2 Å².